The summed E-state index contributed by atoms with van der Waals surface area (Å²) in [7, 11) is 1.61. The van der Waals surface area contributed by atoms with Crippen LogP contribution in [0.2, 0.25) is 0 Å². The minimum Gasteiger partial charge on any atom is -0.497 e. The molecule has 1 heterocycles. The lowest BCUT2D eigenvalue weighted by Gasteiger charge is -2.08. The monoisotopic (exact) mass is 384 g/mol. The van der Waals surface area contributed by atoms with Gasteiger partial charge in [0.05, 0.1) is 7.11 Å². The highest BCUT2D eigenvalue weighted by Gasteiger charge is 2.08. The van der Waals surface area contributed by atoms with E-state index >= 15 is 0 Å². The van der Waals surface area contributed by atoms with Gasteiger partial charge in [0.25, 0.3) is 5.91 Å². The molecule has 0 atom stereocenters. The number of amides is 1. The number of nitrogens with zero attached hydrogens (tertiary/aromatic N) is 1. The van der Waals surface area contributed by atoms with Crippen molar-refractivity contribution in [2.24, 2.45) is 0 Å². The second-order valence-corrected chi connectivity index (χ2v) is 7.10. The van der Waals surface area contributed by atoms with Gasteiger partial charge in [-0.2, -0.15) is 0 Å². The molecule has 0 radical (unpaired) electrons. The molecule has 0 fully saturated rings. The number of carbonyl (C=O) groups excluding carboxylic acids is 1. The smallest absolute Gasteiger partial charge is 0.257 e. The maximum absolute atomic E-state index is 11.9. The largest absolute Gasteiger partial charge is 0.497 e. The van der Waals surface area contributed by atoms with Crippen LogP contribution in [-0.2, 0) is 11.3 Å². The summed E-state index contributed by atoms with van der Waals surface area (Å²) in [5, 5.41) is 4.16. The first kappa shape index (κ1) is 19.2. The molecule has 0 aliphatic carbocycles. The molecule has 2 aromatic carbocycles. The van der Waals surface area contributed by atoms with Gasteiger partial charge in [-0.15, -0.1) is 11.8 Å². The van der Waals surface area contributed by atoms with Crippen molar-refractivity contribution in [3.63, 3.8) is 0 Å². The van der Waals surface area contributed by atoms with Crippen molar-refractivity contribution in [1.29, 1.82) is 0 Å². The van der Waals surface area contributed by atoms with E-state index in [1.807, 2.05) is 0 Å². The molecule has 6 heteroatoms. The first-order chi connectivity index (χ1) is 13.2. The number of carbonyl (C=O) groups is 1. The molecule has 0 unspecified atom stereocenters. The van der Waals surface area contributed by atoms with Gasteiger partial charge in [-0.3, -0.25) is 4.79 Å². The maximum atomic E-state index is 11.9. The fourth-order valence-electron chi connectivity index (χ4n) is 2.81. The molecular formula is C21H24N2O3S. The highest BCUT2D eigenvalue weighted by atomic mass is 32.2. The number of thioether (sulfide) groups is 1. The van der Waals surface area contributed by atoms with Crippen molar-refractivity contribution in [3.8, 4) is 11.5 Å². The van der Waals surface area contributed by atoms with Crippen LogP contribution in [-0.4, -0.2) is 36.5 Å². The van der Waals surface area contributed by atoms with Gasteiger partial charge in [0.1, 0.15) is 11.5 Å². The average molecular weight is 385 g/mol. The standard InChI is InChI=1S/C21H24N2O3S/c1-3-23-14-20(18-6-4-5-7-19(18)23)27-13-12-22-21(24)15-26-17-10-8-16(25-2)9-11-17/h4-11,14H,3,12-13,15H2,1-2H3,(H,22,24). The summed E-state index contributed by atoms with van der Waals surface area (Å²) in [6, 6.07) is 15.6. The molecule has 0 spiro atoms. The Kier molecular flexibility index (Phi) is 6.65. The Morgan fingerprint density at radius 1 is 1.11 bits per heavy atom. The van der Waals surface area contributed by atoms with E-state index in [1.54, 1.807) is 43.1 Å². The van der Waals surface area contributed by atoms with Crippen LogP contribution in [0, 0.1) is 0 Å². The molecule has 5 nitrogen and oxygen atoms in total. The normalized spacial score (nSPS) is 10.7. The Morgan fingerprint density at radius 2 is 1.85 bits per heavy atom. The predicted molar refractivity (Wildman–Crippen MR) is 110 cm³/mol. The van der Waals surface area contributed by atoms with Crippen LogP contribution in [0.1, 0.15) is 6.92 Å². The topological polar surface area (TPSA) is 52.5 Å². The summed E-state index contributed by atoms with van der Waals surface area (Å²) in [5.74, 6) is 2.09. The van der Waals surface area contributed by atoms with Gasteiger partial charge in [0, 0.05) is 40.8 Å². The quantitative estimate of drug-likeness (QED) is 0.448. The zero-order valence-corrected chi connectivity index (χ0v) is 16.4. The number of rotatable bonds is 9. The molecule has 0 saturated carbocycles. The molecule has 0 saturated heterocycles. The summed E-state index contributed by atoms with van der Waals surface area (Å²) >= 11 is 1.76. The number of hydrogen-bond donors (Lipinski definition) is 1. The third-order valence-electron chi connectivity index (χ3n) is 4.20. The second-order valence-electron chi connectivity index (χ2n) is 5.96. The molecule has 1 amide bonds. The van der Waals surface area contributed by atoms with Gasteiger partial charge in [0.15, 0.2) is 6.61 Å². The highest BCUT2D eigenvalue weighted by Crippen LogP contribution is 2.29. The minimum absolute atomic E-state index is 0.00609. The number of fused-ring (bicyclic) bond motifs is 1. The summed E-state index contributed by atoms with van der Waals surface area (Å²) < 4.78 is 12.8. The predicted octanol–water partition coefficient (Wildman–Crippen LogP) is 3.96. The fourth-order valence-corrected chi connectivity index (χ4v) is 3.77. The Labute approximate surface area is 163 Å². The molecule has 0 bridgehead atoms. The summed E-state index contributed by atoms with van der Waals surface area (Å²) in [6.07, 6.45) is 2.18. The molecule has 27 heavy (non-hydrogen) atoms. The van der Waals surface area contributed by atoms with E-state index in [0.717, 1.165) is 18.0 Å². The Morgan fingerprint density at radius 3 is 2.59 bits per heavy atom. The summed E-state index contributed by atoms with van der Waals surface area (Å²) in [5.41, 5.74) is 1.25. The number of ether oxygens (including phenoxy) is 2. The molecule has 1 N–H and O–H groups in total. The van der Waals surface area contributed by atoms with E-state index in [-0.39, 0.29) is 12.5 Å². The first-order valence-corrected chi connectivity index (χ1v) is 9.94. The van der Waals surface area contributed by atoms with Crippen molar-refractivity contribution in [2.45, 2.75) is 18.4 Å². The van der Waals surface area contributed by atoms with E-state index < -0.39 is 0 Å². The molecule has 3 rings (SSSR count). The van der Waals surface area contributed by atoms with Crippen LogP contribution in [0.4, 0.5) is 0 Å². The summed E-state index contributed by atoms with van der Waals surface area (Å²) in [4.78, 5) is 13.2. The van der Waals surface area contributed by atoms with Crippen molar-refractivity contribution in [2.75, 3.05) is 26.0 Å². The third kappa shape index (κ3) is 4.98. The number of nitrogens with one attached hydrogen (secondary N) is 1. The van der Waals surface area contributed by atoms with E-state index in [4.69, 9.17) is 9.47 Å². The summed E-state index contributed by atoms with van der Waals surface area (Å²) in [6.45, 7) is 3.69. The fraction of sp³-hybridized carbons (Fsp3) is 0.286. The molecule has 1 aromatic heterocycles. The molecule has 0 aliphatic heterocycles. The van der Waals surface area contributed by atoms with Crippen molar-refractivity contribution in [1.82, 2.24) is 9.88 Å². The Balaban J connectivity index is 1.42. The van der Waals surface area contributed by atoms with Gasteiger partial charge in [0.2, 0.25) is 0 Å². The van der Waals surface area contributed by atoms with Crippen LogP contribution in [0.5, 0.6) is 11.5 Å². The molecule has 0 aliphatic rings. The van der Waals surface area contributed by atoms with Crippen molar-refractivity contribution < 1.29 is 14.3 Å². The van der Waals surface area contributed by atoms with Gasteiger partial charge in [-0.1, -0.05) is 18.2 Å². The van der Waals surface area contributed by atoms with Crippen LogP contribution >= 0.6 is 11.8 Å². The van der Waals surface area contributed by atoms with Crippen molar-refractivity contribution in [3.05, 3.63) is 54.7 Å². The molecule has 142 valence electrons. The van der Waals surface area contributed by atoms with Gasteiger partial charge in [-0.25, -0.2) is 0 Å². The number of aromatic nitrogens is 1. The molecular weight excluding hydrogens is 360 g/mol. The third-order valence-corrected chi connectivity index (χ3v) is 5.25. The zero-order chi connectivity index (χ0) is 19.1. The lowest BCUT2D eigenvalue weighted by atomic mass is 10.2. The number of hydrogen-bond acceptors (Lipinski definition) is 4. The van der Waals surface area contributed by atoms with E-state index in [1.165, 1.54) is 15.8 Å². The zero-order valence-electron chi connectivity index (χ0n) is 15.6. The Hall–Kier alpha value is -2.60. The highest BCUT2D eigenvalue weighted by molar-refractivity contribution is 7.99. The lowest BCUT2D eigenvalue weighted by Crippen LogP contribution is -2.30. The van der Waals surface area contributed by atoms with Crippen LogP contribution < -0.4 is 14.8 Å². The van der Waals surface area contributed by atoms with Crippen LogP contribution in [0.25, 0.3) is 10.9 Å². The lowest BCUT2D eigenvalue weighted by molar-refractivity contribution is -0.122. The Bertz CT molecular complexity index is 890. The van der Waals surface area contributed by atoms with Gasteiger partial charge < -0.3 is 19.4 Å². The number of para-hydroxylation sites is 1. The van der Waals surface area contributed by atoms with Crippen LogP contribution in [0.15, 0.2) is 59.6 Å². The number of methoxy groups -OCH3 is 1. The van der Waals surface area contributed by atoms with E-state index in [9.17, 15) is 4.79 Å². The first-order valence-electron chi connectivity index (χ1n) is 8.95. The SMILES string of the molecule is CCn1cc(SCCNC(=O)COc2ccc(OC)cc2)c2ccccc21. The van der Waals surface area contributed by atoms with Crippen molar-refractivity contribution >= 4 is 28.6 Å². The van der Waals surface area contributed by atoms with E-state index in [0.29, 0.717) is 12.3 Å². The second kappa shape index (κ2) is 9.37. The van der Waals surface area contributed by atoms with E-state index in [2.05, 4.69) is 47.3 Å². The number of benzene rings is 2. The maximum Gasteiger partial charge on any atom is 0.257 e. The average Bonchev–Trinajstić information content (AvgIpc) is 3.08. The molecule has 3 aromatic rings. The van der Waals surface area contributed by atoms with Crippen LogP contribution in [0.3, 0.4) is 0 Å². The minimum atomic E-state index is -0.123. The number of aryl methyl sites for hydroxylation is 1. The van der Waals surface area contributed by atoms with Gasteiger partial charge >= 0.3 is 0 Å². The van der Waals surface area contributed by atoms with Gasteiger partial charge in [-0.05, 0) is 37.3 Å².